The quantitative estimate of drug-likeness (QED) is 0.492. The predicted molar refractivity (Wildman–Crippen MR) is 125 cm³/mol. The Kier molecular flexibility index (Phi) is 7.39. The number of hydrogen-bond donors (Lipinski definition) is 1. The fourth-order valence-electron chi connectivity index (χ4n) is 4.06. The van der Waals surface area contributed by atoms with Crippen LogP contribution in [0.1, 0.15) is 33.1 Å². The van der Waals surface area contributed by atoms with E-state index in [4.69, 9.17) is 14.0 Å². The molecule has 33 heavy (non-hydrogen) atoms. The molecule has 1 N–H and O–H groups in total. The van der Waals surface area contributed by atoms with Crippen LogP contribution < -0.4 is 15.0 Å². The van der Waals surface area contributed by atoms with E-state index in [1.807, 2.05) is 38.1 Å². The molecule has 2 aromatic heterocycles. The molecule has 4 rings (SSSR count). The molecule has 1 aromatic carbocycles. The van der Waals surface area contributed by atoms with E-state index in [9.17, 15) is 4.79 Å². The molecule has 0 unspecified atom stereocenters. The van der Waals surface area contributed by atoms with Gasteiger partial charge in [0.25, 0.3) is 5.71 Å². The highest BCUT2D eigenvalue weighted by atomic mass is 16.5. The molecule has 1 aliphatic heterocycles. The lowest BCUT2D eigenvalue weighted by Crippen LogP contribution is -2.41. The Labute approximate surface area is 193 Å². The van der Waals surface area contributed by atoms with Crippen molar-refractivity contribution in [3.8, 4) is 17.0 Å². The molecular formula is C24H31N5O4. The van der Waals surface area contributed by atoms with Crippen LogP contribution in [0.15, 0.2) is 35.1 Å². The summed E-state index contributed by atoms with van der Waals surface area (Å²) in [5.41, 5.74) is 2.06. The van der Waals surface area contributed by atoms with E-state index in [1.54, 1.807) is 7.11 Å². The summed E-state index contributed by atoms with van der Waals surface area (Å²) in [6, 6.07) is 7.65. The van der Waals surface area contributed by atoms with E-state index in [-0.39, 0.29) is 17.9 Å². The summed E-state index contributed by atoms with van der Waals surface area (Å²) < 4.78 is 16.3. The molecule has 1 fully saturated rings. The zero-order valence-corrected chi connectivity index (χ0v) is 19.4. The molecule has 1 amide bonds. The number of nitrogens with zero attached hydrogens (tertiary/aromatic N) is 4. The standard InChI is InChI=1S/C24H31N5O4/c1-16(2)32-14-4-11-25-23(30)18-9-12-29(13-10-18)22-20-21(28-33-24(20)27-15-26-22)17-5-7-19(31-3)8-6-17/h5-8,15-16,18H,4,9-14H2,1-3H3,(H,25,30). The minimum Gasteiger partial charge on any atom is -0.497 e. The lowest BCUT2D eigenvalue weighted by molar-refractivity contribution is -0.125. The molecule has 0 spiro atoms. The second-order valence-electron chi connectivity index (χ2n) is 8.46. The van der Waals surface area contributed by atoms with E-state index in [1.165, 1.54) is 6.33 Å². The summed E-state index contributed by atoms with van der Waals surface area (Å²) in [4.78, 5) is 23.6. The number of methoxy groups -OCH3 is 1. The van der Waals surface area contributed by atoms with Gasteiger partial charge in [-0.15, -0.1) is 0 Å². The predicted octanol–water partition coefficient (Wildman–Crippen LogP) is 3.44. The second-order valence-corrected chi connectivity index (χ2v) is 8.46. The van der Waals surface area contributed by atoms with Crippen molar-refractivity contribution in [3.63, 3.8) is 0 Å². The van der Waals surface area contributed by atoms with Gasteiger partial charge in [-0.1, -0.05) is 5.16 Å². The van der Waals surface area contributed by atoms with Crippen molar-refractivity contribution in [1.29, 1.82) is 0 Å². The fourth-order valence-corrected chi connectivity index (χ4v) is 4.06. The molecule has 9 heteroatoms. The van der Waals surface area contributed by atoms with Gasteiger partial charge in [-0.3, -0.25) is 4.79 Å². The molecule has 0 atom stereocenters. The molecule has 0 bridgehead atoms. The Bertz CT molecular complexity index is 1060. The van der Waals surface area contributed by atoms with Crippen molar-refractivity contribution in [1.82, 2.24) is 20.4 Å². The van der Waals surface area contributed by atoms with Gasteiger partial charge in [0.2, 0.25) is 5.91 Å². The third-order valence-corrected chi connectivity index (χ3v) is 5.85. The molecule has 0 aliphatic carbocycles. The highest BCUT2D eigenvalue weighted by Crippen LogP contribution is 2.35. The molecule has 9 nitrogen and oxygen atoms in total. The number of benzene rings is 1. The first-order chi connectivity index (χ1) is 16.1. The van der Waals surface area contributed by atoms with Crippen LogP contribution in [0, 0.1) is 5.92 Å². The van der Waals surface area contributed by atoms with Gasteiger partial charge >= 0.3 is 0 Å². The summed E-state index contributed by atoms with van der Waals surface area (Å²) >= 11 is 0. The minimum absolute atomic E-state index is 0.00753. The molecule has 1 aliphatic rings. The number of amides is 1. The van der Waals surface area contributed by atoms with E-state index in [0.717, 1.165) is 54.9 Å². The molecule has 1 saturated heterocycles. The average molecular weight is 454 g/mol. The first-order valence-electron chi connectivity index (χ1n) is 11.5. The van der Waals surface area contributed by atoms with Crippen molar-refractivity contribution in [2.45, 2.75) is 39.2 Å². The van der Waals surface area contributed by atoms with Crippen LogP contribution in [0.25, 0.3) is 22.4 Å². The number of anilines is 1. The minimum atomic E-state index is 0.00753. The Morgan fingerprint density at radius 2 is 1.97 bits per heavy atom. The Morgan fingerprint density at radius 3 is 2.67 bits per heavy atom. The van der Waals surface area contributed by atoms with Crippen LogP contribution in [-0.4, -0.2) is 60.5 Å². The summed E-state index contributed by atoms with van der Waals surface area (Å²) in [6.07, 6.45) is 4.07. The summed E-state index contributed by atoms with van der Waals surface area (Å²) in [5, 5.41) is 8.10. The van der Waals surface area contributed by atoms with Crippen molar-refractivity contribution in [2.24, 2.45) is 5.92 Å². The number of ether oxygens (including phenoxy) is 2. The molecule has 0 saturated carbocycles. The summed E-state index contributed by atoms with van der Waals surface area (Å²) in [6.45, 7) is 6.79. The van der Waals surface area contributed by atoms with E-state index >= 15 is 0 Å². The number of hydrogen-bond acceptors (Lipinski definition) is 8. The van der Waals surface area contributed by atoms with Crippen molar-refractivity contribution in [2.75, 3.05) is 38.3 Å². The highest BCUT2D eigenvalue weighted by Gasteiger charge is 2.28. The molecule has 3 heterocycles. The maximum atomic E-state index is 12.6. The number of rotatable bonds is 9. The van der Waals surface area contributed by atoms with Gasteiger partial charge in [-0.2, -0.15) is 4.98 Å². The number of carbonyl (C=O) groups is 1. The highest BCUT2D eigenvalue weighted by molar-refractivity contribution is 5.98. The van der Waals surface area contributed by atoms with Gasteiger partial charge in [-0.05, 0) is 57.4 Å². The summed E-state index contributed by atoms with van der Waals surface area (Å²) in [7, 11) is 1.64. The largest absolute Gasteiger partial charge is 0.497 e. The van der Waals surface area contributed by atoms with Gasteiger partial charge in [0.1, 0.15) is 29.0 Å². The number of nitrogens with one attached hydrogen (secondary N) is 1. The lowest BCUT2D eigenvalue weighted by Gasteiger charge is -2.32. The van der Waals surface area contributed by atoms with Crippen LogP contribution in [0.3, 0.4) is 0 Å². The van der Waals surface area contributed by atoms with Gasteiger partial charge in [0.15, 0.2) is 0 Å². The first kappa shape index (κ1) is 23.0. The van der Waals surface area contributed by atoms with Gasteiger partial charge in [0, 0.05) is 37.7 Å². The third kappa shape index (κ3) is 5.42. The number of aromatic nitrogens is 3. The normalized spacial score (nSPS) is 14.7. The number of fused-ring (bicyclic) bond motifs is 1. The lowest BCUT2D eigenvalue weighted by atomic mass is 9.95. The molecule has 3 aromatic rings. The third-order valence-electron chi connectivity index (χ3n) is 5.85. The zero-order valence-electron chi connectivity index (χ0n) is 19.4. The maximum absolute atomic E-state index is 12.6. The van der Waals surface area contributed by atoms with Crippen LogP contribution >= 0.6 is 0 Å². The van der Waals surface area contributed by atoms with Gasteiger partial charge < -0.3 is 24.2 Å². The van der Waals surface area contributed by atoms with Crippen LogP contribution in [0.4, 0.5) is 5.82 Å². The number of piperidine rings is 1. The Balaban J connectivity index is 1.41. The van der Waals surface area contributed by atoms with E-state index < -0.39 is 0 Å². The molecule has 0 radical (unpaired) electrons. The van der Waals surface area contributed by atoms with Gasteiger partial charge in [0.05, 0.1) is 13.2 Å². The summed E-state index contributed by atoms with van der Waals surface area (Å²) in [5.74, 6) is 1.69. The molecular weight excluding hydrogens is 422 g/mol. The monoisotopic (exact) mass is 453 g/mol. The Morgan fingerprint density at radius 1 is 1.21 bits per heavy atom. The first-order valence-corrected chi connectivity index (χ1v) is 11.5. The van der Waals surface area contributed by atoms with Gasteiger partial charge in [-0.25, -0.2) is 4.98 Å². The second kappa shape index (κ2) is 10.6. The van der Waals surface area contributed by atoms with Crippen molar-refractivity contribution in [3.05, 3.63) is 30.6 Å². The topological polar surface area (TPSA) is 103 Å². The van der Waals surface area contributed by atoms with E-state index in [0.29, 0.717) is 24.6 Å². The maximum Gasteiger partial charge on any atom is 0.263 e. The van der Waals surface area contributed by atoms with Crippen molar-refractivity contribution >= 4 is 22.8 Å². The van der Waals surface area contributed by atoms with Crippen molar-refractivity contribution < 1.29 is 18.8 Å². The zero-order chi connectivity index (χ0) is 23.2. The van der Waals surface area contributed by atoms with E-state index in [2.05, 4.69) is 25.3 Å². The van der Waals surface area contributed by atoms with Crippen LogP contribution in [0.2, 0.25) is 0 Å². The SMILES string of the molecule is COc1ccc(-c2noc3ncnc(N4CCC(C(=O)NCCCOC(C)C)CC4)c23)cc1. The molecule has 176 valence electrons. The number of carbonyl (C=O) groups excluding carboxylic acids is 1. The fraction of sp³-hybridized carbons (Fsp3) is 0.500. The Hall–Kier alpha value is -3.20. The van der Waals surface area contributed by atoms with Crippen LogP contribution in [0.5, 0.6) is 5.75 Å². The average Bonchev–Trinajstić information content (AvgIpc) is 3.28. The van der Waals surface area contributed by atoms with Crippen LogP contribution in [-0.2, 0) is 9.53 Å². The smallest absolute Gasteiger partial charge is 0.263 e.